The number of alkyl halides is 2. The summed E-state index contributed by atoms with van der Waals surface area (Å²) < 4.78 is 38.6. The van der Waals surface area contributed by atoms with E-state index in [0.29, 0.717) is 27.6 Å². The van der Waals surface area contributed by atoms with E-state index in [1.165, 1.54) is 12.1 Å². The fourth-order valence-corrected chi connectivity index (χ4v) is 3.50. The van der Waals surface area contributed by atoms with Crippen LogP contribution >= 0.6 is 23.1 Å². The third kappa shape index (κ3) is 4.06. The Morgan fingerprint density at radius 3 is 2.72 bits per heavy atom. The van der Waals surface area contributed by atoms with Gasteiger partial charge in [0.1, 0.15) is 11.3 Å². The number of aromatic nitrogens is 2. The minimum Gasteiger partial charge on any atom is -0.451 e. The SMILES string of the molecule is Cc1c(C(=O)Nc2nc(-c3ccc(OC(F)F)cc3)ns2)oc2ccc(Cl)cc12. The number of anilines is 1. The van der Waals surface area contributed by atoms with E-state index in [-0.39, 0.29) is 16.6 Å². The number of aryl methyl sites for hydroxylation is 1. The molecule has 10 heteroatoms. The topological polar surface area (TPSA) is 77.2 Å². The lowest BCUT2D eigenvalue weighted by Gasteiger charge is -2.04. The van der Waals surface area contributed by atoms with E-state index in [1.807, 2.05) is 0 Å². The highest BCUT2D eigenvalue weighted by Gasteiger charge is 2.19. The number of benzene rings is 2. The maximum Gasteiger partial charge on any atom is 0.387 e. The number of ether oxygens (including phenoxy) is 1. The molecule has 4 rings (SSSR count). The summed E-state index contributed by atoms with van der Waals surface area (Å²) in [5, 5.41) is 4.24. The van der Waals surface area contributed by atoms with Gasteiger partial charge in [-0.3, -0.25) is 10.1 Å². The van der Waals surface area contributed by atoms with Gasteiger partial charge in [-0.05, 0) is 49.4 Å². The molecule has 6 nitrogen and oxygen atoms in total. The molecule has 0 aliphatic rings. The van der Waals surface area contributed by atoms with Crippen molar-refractivity contribution in [2.75, 3.05) is 5.32 Å². The number of carbonyl (C=O) groups is 1. The zero-order chi connectivity index (χ0) is 20.5. The number of furan rings is 1. The second-order valence-corrected chi connectivity index (χ2v) is 7.17. The number of nitrogens with zero attached hydrogens (tertiary/aromatic N) is 2. The van der Waals surface area contributed by atoms with Crippen LogP contribution in [-0.2, 0) is 0 Å². The zero-order valence-corrected chi connectivity index (χ0v) is 16.4. The minimum absolute atomic E-state index is 0.0352. The first-order valence-electron chi connectivity index (χ1n) is 8.29. The van der Waals surface area contributed by atoms with E-state index in [9.17, 15) is 13.6 Å². The predicted molar refractivity (Wildman–Crippen MR) is 106 cm³/mol. The Labute approximate surface area is 172 Å². The van der Waals surface area contributed by atoms with Crippen LogP contribution in [0.15, 0.2) is 46.9 Å². The van der Waals surface area contributed by atoms with Crippen molar-refractivity contribution in [1.29, 1.82) is 0 Å². The number of halogens is 3. The zero-order valence-electron chi connectivity index (χ0n) is 14.8. The first kappa shape index (κ1) is 19.3. The van der Waals surface area contributed by atoms with Gasteiger partial charge in [0.25, 0.3) is 5.91 Å². The molecule has 0 aliphatic carbocycles. The molecule has 0 atom stereocenters. The van der Waals surface area contributed by atoms with Gasteiger partial charge in [-0.2, -0.15) is 18.1 Å². The highest BCUT2D eigenvalue weighted by molar-refractivity contribution is 7.10. The molecule has 0 bridgehead atoms. The molecule has 0 spiro atoms. The Morgan fingerprint density at radius 1 is 1.24 bits per heavy atom. The molecular weight excluding hydrogens is 424 g/mol. The molecule has 2 aromatic heterocycles. The van der Waals surface area contributed by atoms with Gasteiger partial charge in [0, 0.05) is 33.1 Å². The Hall–Kier alpha value is -3.04. The van der Waals surface area contributed by atoms with Crippen molar-refractivity contribution in [3.05, 3.63) is 58.8 Å². The average Bonchev–Trinajstić information content (AvgIpc) is 3.27. The molecule has 0 saturated carbocycles. The fraction of sp³-hybridized carbons (Fsp3) is 0.105. The first-order chi connectivity index (χ1) is 13.9. The summed E-state index contributed by atoms with van der Waals surface area (Å²) in [5.74, 6) is 0.0840. The molecular formula is C19H12ClF2N3O3S. The lowest BCUT2D eigenvalue weighted by atomic mass is 10.1. The van der Waals surface area contributed by atoms with Crippen molar-refractivity contribution in [3.63, 3.8) is 0 Å². The molecule has 2 heterocycles. The van der Waals surface area contributed by atoms with Crippen LogP contribution in [0.25, 0.3) is 22.4 Å². The lowest BCUT2D eigenvalue weighted by Crippen LogP contribution is -2.11. The molecule has 29 heavy (non-hydrogen) atoms. The Kier molecular flexibility index (Phi) is 5.16. The number of hydrogen-bond donors (Lipinski definition) is 1. The Bertz CT molecular complexity index is 1190. The van der Waals surface area contributed by atoms with Gasteiger partial charge in [0.15, 0.2) is 11.6 Å². The van der Waals surface area contributed by atoms with Crippen LogP contribution in [0, 0.1) is 6.92 Å². The highest BCUT2D eigenvalue weighted by atomic mass is 35.5. The summed E-state index contributed by atoms with van der Waals surface area (Å²) in [6.45, 7) is -1.12. The highest BCUT2D eigenvalue weighted by Crippen LogP contribution is 2.29. The quantitative estimate of drug-likeness (QED) is 0.430. The number of nitrogens with one attached hydrogen (secondary N) is 1. The molecule has 2 aromatic carbocycles. The van der Waals surface area contributed by atoms with Gasteiger partial charge in [0.2, 0.25) is 5.13 Å². The number of carbonyl (C=O) groups excluding carboxylic acids is 1. The van der Waals surface area contributed by atoms with Gasteiger partial charge in [-0.1, -0.05) is 11.6 Å². The summed E-state index contributed by atoms with van der Waals surface area (Å²) >= 11 is 6.99. The molecule has 0 radical (unpaired) electrons. The Balaban J connectivity index is 1.52. The van der Waals surface area contributed by atoms with E-state index in [1.54, 1.807) is 37.3 Å². The number of hydrogen-bond acceptors (Lipinski definition) is 6. The van der Waals surface area contributed by atoms with E-state index in [0.717, 1.165) is 16.9 Å². The second-order valence-electron chi connectivity index (χ2n) is 5.98. The van der Waals surface area contributed by atoms with Gasteiger partial charge < -0.3 is 9.15 Å². The van der Waals surface area contributed by atoms with Crippen LogP contribution in [0.1, 0.15) is 16.1 Å². The molecule has 1 amide bonds. The van der Waals surface area contributed by atoms with Gasteiger partial charge in [0.05, 0.1) is 0 Å². The second kappa shape index (κ2) is 7.76. The summed E-state index contributed by atoms with van der Waals surface area (Å²) in [7, 11) is 0. The molecule has 0 saturated heterocycles. The maximum absolute atomic E-state index is 12.6. The van der Waals surface area contributed by atoms with Crippen LogP contribution in [0.5, 0.6) is 5.75 Å². The van der Waals surface area contributed by atoms with Crippen LogP contribution < -0.4 is 10.1 Å². The Morgan fingerprint density at radius 2 is 2.00 bits per heavy atom. The largest absolute Gasteiger partial charge is 0.451 e. The van der Waals surface area contributed by atoms with Crippen LogP contribution in [0.4, 0.5) is 13.9 Å². The molecule has 0 unspecified atom stereocenters. The van der Waals surface area contributed by atoms with Crippen LogP contribution in [0.3, 0.4) is 0 Å². The summed E-state index contributed by atoms with van der Waals surface area (Å²) in [4.78, 5) is 16.9. The molecule has 0 aliphatic heterocycles. The van der Waals surface area contributed by atoms with Gasteiger partial charge in [-0.25, -0.2) is 0 Å². The standard InChI is InChI=1S/C19H12ClF2N3O3S/c1-9-13-8-11(20)4-7-14(13)28-15(9)17(26)24-19-23-16(25-29-19)10-2-5-12(6-3-10)27-18(21)22/h2-8,18H,1H3,(H,23,24,25,26). The van der Waals surface area contributed by atoms with Crippen molar-refractivity contribution in [2.45, 2.75) is 13.5 Å². The van der Waals surface area contributed by atoms with Gasteiger partial charge in [-0.15, -0.1) is 0 Å². The van der Waals surface area contributed by atoms with E-state index in [4.69, 9.17) is 16.0 Å². The number of amides is 1. The third-order valence-electron chi connectivity index (χ3n) is 4.09. The monoisotopic (exact) mass is 435 g/mol. The van der Waals surface area contributed by atoms with E-state index in [2.05, 4.69) is 19.4 Å². The number of fused-ring (bicyclic) bond motifs is 1. The van der Waals surface area contributed by atoms with Crippen molar-refractivity contribution in [2.24, 2.45) is 0 Å². The van der Waals surface area contributed by atoms with Gasteiger partial charge >= 0.3 is 6.61 Å². The first-order valence-corrected chi connectivity index (χ1v) is 9.45. The number of rotatable bonds is 5. The normalized spacial score (nSPS) is 11.2. The third-order valence-corrected chi connectivity index (χ3v) is 4.95. The average molecular weight is 436 g/mol. The molecule has 1 N–H and O–H groups in total. The molecule has 4 aromatic rings. The molecule has 0 fully saturated rings. The molecule has 148 valence electrons. The lowest BCUT2D eigenvalue weighted by molar-refractivity contribution is -0.0498. The summed E-state index contributed by atoms with van der Waals surface area (Å²) in [6.07, 6.45) is 0. The van der Waals surface area contributed by atoms with Crippen molar-refractivity contribution in [1.82, 2.24) is 9.36 Å². The fourth-order valence-electron chi connectivity index (χ4n) is 2.74. The van der Waals surface area contributed by atoms with Crippen LogP contribution in [0.2, 0.25) is 5.02 Å². The summed E-state index contributed by atoms with van der Waals surface area (Å²) in [5.41, 5.74) is 1.82. The predicted octanol–water partition coefficient (Wildman–Crippen LogP) is 5.77. The van der Waals surface area contributed by atoms with Crippen LogP contribution in [-0.4, -0.2) is 21.9 Å². The van der Waals surface area contributed by atoms with E-state index < -0.39 is 12.5 Å². The minimum atomic E-state index is -2.89. The maximum atomic E-state index is 12.6. The van der Waals surface area contributed by atoms with E-state index >= 15 is 0 Å². The smallest absolute Gasteiger partial charge is 0.387 e. The van der Waals surface area contributed by atoms with Crippen molar-refractivity contribution in [3.8, 4) is 17.1 Å². The van der Waals surface area contributed by atoms with Crippen molar-refractivity contribution < 1.29 is 22.7 Å². The summed E-state index contributed by atoms with van der Waals surface area (Å²) in [6, 6.07) is 11.0. The van der Waals surface area contributed by atoms with Crippen molar-refractivity contribution >= 4 is 45.1 Å².